The number of rotatable bonds is 3. The molecule has 3 aromatic rings. The van der Waals surface area contributed by atoms with Crippen molar-refractivity contribution in [2.75, 3.05) is 23.4 Å². The Balaban J connectivity index is 1.67. The SMILES string of the molecule is CCOc1ccnc2c1N(c1ccc3ncc4c(c3c1)OCC4)C(O)N2. The lowest BCUT2D eigenvalue weighted by atomic mass is 10.1. The Kier molecular flexibility index (Phi) is 3.36. The minimum atomic E-state index is -0.929. The predicted molar refractivity (Wildman–Crippen MR) is 98.1 cm³/mol. The van der Waals surface area contributed by atoms with Crippen LogP contribution in [0.25, 0.3) is 10.9 Å². The third kappa shape index (κ3) is 2.17. The molecule has 2 aromatic heterocycles. The summed E-state index contributed by atoms with van der Waals surface area (Å²) in [5, 5.41) is 14.5. The van der Waals surface area contributed by atoms with Crippen molar-refractivity contribution in [1.82, 2.24) is 9.97 Å². The number of aliphatic hydroxyl groups excluding tert-OH is 1. The maximum atomic E-state index is 10.6. The van der Waals surface area contributed by atoms with E-state index in [9.17, 15) is 5.11 Å². The quantitative estimate of drug-likeness (QED) is 0.752. The number of hydrogen-bond acceptors (Lipinski definition) is 7. The summed E-state index contributed by atoms with van der Waals surface area (Å²) >= 11 is 0. The molecule has 0 radical (unpaired) electrons. The van der Waals surface area contributed by atoms with Crippen molar-refractivity contribution in [3.63, 3.8) is 0 Å². The van der Waals surface area contributed by atoms with Gasteiger partial charge in [0, 0.05) is 41.5 Å². The number of benzene rings is 1. The average Bonchev–Trinajstić information content (AvgIpc) is 3.25. The third-order valence-corrected chi connectivity index (χ3v) is 4.71. The van der Waals surface area contributed by atoms with Crippen LogP contribution in [-0.2, 0) is 6.42 Å². The van der Waals surface area contributed by atoms with Crippen LogP contribution in [0.4, 0.5) is 17.2 Å². The van der Waals surface area contributed by atoms with Crippen molar-refractivity contribution >= 4 is 28.1 Å². The fraction of sp³-hybridized carbons (Fsp3) is 0.263. The van der Waals surface area contributed by atoms with Crippen LogP contribution in [0.1, 0.15) is 12.5 Å². The topological polar surface area (TPSA) is 79.7 Å². The standard InChI is InChI=1S/C19H18N4O3/c1-2-25-15-5-7-20-18-16(15)23(19(24)22-18)12-3-4-14-13(9-12)17-11(10-21-14)6-8-26-17/h3-5,7,9-10,19,24H,2,6,8H2,1H3,(H,20,22). The van der Waals surface area contributed by atoms with Crippen LogP contribution < -0.4 is 19.7 Å². The van der Waals surface area contributed by atoms with Gasteiger partial charge in [-0.25, -0.2) is 4.98 Å². The molecule has 7 nitrogen and oxygen atoms in total. The fourth-order valence-corrected chi connectivity index (χ4v) is 3.59. The van der Waals surface area contributed by atoms with Gasteiger partial charge in [-0.05, 0) is 25.1 Å². The number of nitrogens with one attached hydrogen (secondary N) is 1. The van der Waals surface area contributed by atoms with E-state index in [1.165, 1.54) is 0 Å². The Hall–Kier alpha value is -3.06. The Labute approximate surface area is 150 Å². The van der Waals surface area contributed by atoms with Crippen LogP contribution in [0.3, 0.4) is 0 Å². The summed E-state index contributed by atoms with van der Waals surface area (Å²) < 4.78 is 11.6. The van der Waals surface area contributed by atoms with E-state index in [1.54, 1.807) is 17.2 Å². The molecule has 2 aliphatic heterocycles. The van der Waals surface area contributed by atoms with Crippen LogP contribution in [0.2, 0.25) is 0 Å². The van der Waals surface area contributed by atoms with Gasteiger partial charge in [0.2, 0.25) is 6.35 Å². The molecule has 0 fully saturated rings. The summed E-state index contributed by atoms with van der Waals surface area (Å²) in [6.07, 6.45) is 3.49. The lowest BCUT2D eigenvalue weighted by Gasteiger charge is -2.24. The van der Waals surface area contributed by atoms with Gasteiger partial charge in [-0.15, -0.1) is 0 Å². The maximum absolute atomic E-state index is 10.6. The van der Waals surface area contributed by atoms with Crippen LogP contribution in [0, 0.1) is 0 Å². The van der Waals surface area contributed by atoms with Gasteiger partial charge in [-0.1, -0.05) is 0 Å². The third-order valence-electron chi connectivity index (χ3n) is 4.71. The molecule has 2 aliphatic rings. The van der Waals surface area contributed by atoms with Gasteiger partial charge in [0.25, 0.3) is 0 Å². The highest BCUT2D eigenvalue weighted by Gasteiger charge is 2.33. The molecule has 7 heteroatoms. The van der Waals surface area contributed by atoms with E-state index in [4.69, 9.17) is 9.47 Å². The number of aliphatic hydroxyl groups is 1. The molecule has 0 saturated carbocycles. The first-order valence-electron chi connectivity index (χ1n) is 8.66. The molecule has 0 saturated heterocycles. The highest BCUT2D eigenvalue weighted by molar-refractivity contribution is 5.92. The average molecular weight is 350 g/mol. The summed E-state index contributed by atoms with van der Waals surface area (Å²) in [6.45, 7) is 3.14. The number of hydrogen-bond donors (Lipinski definition) is 2. The Morgan fingerprint density at radius 3 is 3.15 bits per heavy atom. The summed E-state index contributed by atoms with van der Waals surface area (Å²) in [7, 11) is 0. The molecular formula is C19H18N4O3. The highest BCUT2D eigenvalue weighted by atomic mass is 16.5. The van der Waals surface area contributed by atoms with Crippen molar-refractivity contribution < 1.29 is 14.6 Å². The van der Waals surface area contributed by atoms with Gasteiger partial charge in [-0.3, -0.25) is 9.88 Å². The van der Waals surface area contributed by atoms with Crippen LogP contribution >= 0.6 is 0 Å². The molecule has 1 unspecified atom stereocenters. The zero-order chi connectivity index (χ0) is 17.7. The molecule has 5 rings (SSSR count). The Morgan fingerprint density at radius 2 is 2.27 bits per heavy atom. The van der Waals surface area contributed by atoms with Crippen LogP contribution in [-0.4, -0.2) is 34.6 Å². The van der Waals surface area contributed by atoms with E-state index < -0.39 is 6.35 Å². The van der Waals surface area contributed by atoms with Gasteiger partial charge in [0.1, 0.15) is 17.2 Å². The first kappa shape index (κ1) is 15.2. The van der Waals surface area contributed by atoms with Crippen molar-refractivity contribution in [3.8, 4) is 11.5 Å². The highest BCUT2D eigenvalue weighted by Crippen LogP contribution is 2.45. The summed E-state index contributed by atoms with van der Waals surface area (Å²) in [5.41, 5.74) is 3.53. The molecule has 0 aliphatic carbocycles. The second-order valence-electron chi connectivity index (χ2n) is 6.24. The molecule has 4 heterocycles. The van der Waals surface area contributed by atoms with Crippen molar-refractivity contribution in [3.05, 3.63) is 42.2 Å². The number of ether oxygens (including phenoxy) is 2. The van der Waals surface area contributed by atoms with Gasteiger partial charge < -0.3 is 19.9 Å². The van der Waals surface area contributed by atoms with Crippen molar-refractivity contribution in [2.45, 2.75) is 19.7 Å². The lowest BCUT2D eigenvalue weighted by Crippen LogP contribution is -2.31. The van der Waals surface area contributed by atoms with E-state index in [1.807, 2.05) is 31.3 Å². The van der Waals surface area contributed by atoms with Crippen LogP contribution in [0.15, 0.2) is 36.7 Å². The van der Waals surface area contributed by atoms with Crippen LogP contribution in [0.5, 0.6) is 11.5 Å². The summed E-state index contributed by atoms with van der Waals surface area (Å²) in [5.74, 6) is 2.15. The van der Waals surface area contributed by atoms with E-state index in [0.29, 0.717) is 24.8 Å². The molecule has 132 valence electrons. The molecule has 0 spiro atoms. The van der Waals surface area contributed by atoms with Crippen molar-refractivity contribution in [2.24, 2.45) is 0 Å². The van der Waals surface area contributed by atoms with Gasteiger partial charge in [0.15, 0.2) is 5.82 Å². The number of nitrogens with zero attached hydrogens (tertiary/aromatic N) is 3. The summed E-state index contributed by atoms with van der Waals surface area (Å²) in [4.78, 5) is 10.6. The number of fused-ring (bicyclic) bond motifs is 4. The molecule has 1 aromatic carbocycles. The second kappa shape index (κ2) is 5.74. The number of anilines is 3. The molecule has 0 bridgehead atoms. The number of pyridine rings is 2. The molecule has 1 atom stereocenters. The smallest absolute Gasteiger partial charge is 0.211 e. The van der Waals surface area contributed by atoms with Crippen molar-refractivity contribution in [1.29, 1.82) is 0 Å². The first-order chi connectivity index (χ1) is 12.8. The maximum Gasteiger partial charge on any atom is 0.211 e. The number of aromatic nitrogens is 2. The zero-order valence-electron chi connectivity index (χ0n) is 14.3. The van der Waals surface area contributed by atoms with Gasteiger partial charge >= 0.3 is 0 Å². The van der Waals surface area contributed by atoms with E-state index >= 15 is 0 Å². The molecule has 0 amide bonds. The molecule has 2 N–H and O–H groups in total. The van der Waals surface area contributed by atoms with E-state index in [-0.39, 0.29) is 0 Å². The monoisotopic (exact) mass is 350 g/mol. The molecular weight excluding hydrogens is 332 g/mol. The largest absolute Gasteiger partial charge is 0.492 e. The normalized spacial score (nSPS) is 17.6. The minimum absolute atomic E-state index is 0.531. The van der Waals surface area contributed by atoms with E-state index in [2.05, 4.69) is 15.3 Å². The predicted octanol–water partition coefficient (Wildman–Crippen LogP) is 2.80. The minimum Gasteiger partial charge on any atom is -0.492 e. The Morgan fingerprint density at radius 1 is 1.35 bits per heavy atom. The van der Waals surface area contributed by atoms with E-state index in [0.717, 1.165) is 40.0 Å². The van der Waals surface area contributed by atoms with Gasteiger partial charge in [0.05, 0.1) is 18.7 Å². The fourth-order valence-electron chi connectivity index (χ4n) is 3.59. The molecule has 26 heavy (non-hydrogen) atoms. The first-order valence-corrected chi connectivity index (χ1v) is 8.66. The summed E-state index contributed by atoms with van der Waals surface area (Å²) in [6, 6.07) is 7.67. The second-order valence-corrected chi connectivity index (χ2v) is 6.24. The zero-order valence-corrected chi connectivity index (χ0v) is 14.3. The van der Waals surface area contributed by atoms with Gasteiger partial charge in [-0.2, -0.15) is 0 Å². The lowest BCUT2D eigenvalue weighted by molar-refractivity contribution is 0.215. The Bertz CT molecular complexity index is 1010.